The summed E-state index contributed by atoms with van der Waals surface area (Å²) in [5.74, 6) is -0.535. The number of benzene rings is 2. The van der Waals surface area contributed by atoms with E-state index in [-0.39, 0.29) is 0 Å². The Balaban J connectivity index is 2.11. The van der Waals surface area contributed by atoms with Gasteiger partial charge in [-0.3, -0.25) is 4.79 Å². The molecule has 0 aromatic heterocycles. The largest absolute Gasteiger partial charge is 0.376 e. The van der Waals surface area contributed by atoms with Crippen molar-refractivity contribution < 1.29 is 9.59 Å². The minimum absolute atomic E-state index is 0.354. The Labute approximate surface area is 150 Å². The monoisotopic (exact) mass is 364 g/mol. The van der Waals surface area contributed by atoms with Gasteiger partial charge >= 0.3 is 6.03 Å². The molecule has 0 aliphatic rings. The standard InChI is InChI=1S/C16H17ClN4O2S/c1-20(2)14-8-5-11(9-13(14)17)19-16(23)21(24)12-6-3-10(4-7-12)15(18)22/h3-9,24H,1-2H3,(H2,18,22)(H,19,23). The molecule has 0 saturated carbocycles. The molecule has 0 unspecified atom stereocenters. The van der Waals surface area contributed by atoms with E-state index in [1.54, 1.807) is 24.3 Å². The number of nitrogens with zero attached hydrogens (tertiary/aromatic N) is 2. The summed E-state index contributed by atoms with van der Waals surface area (Å²) in [6, 6.07) is 11.0. The Kier molecular flexibility index (Phi) is 5.58. The fourth-order valence-electron chi connectivity index (χ4n) is 2.01. The van der Waals surface area contributed by atoms with E-state index < -0.39 is 11.9 Å². The molecule has 0 atom stereocenters. The first-order chi connectivity index (χ1) is 11.3. The number of anilines is 3. The number of amides is 3. The summed E-state index contributed by atoms with van der Waals surface area (Å²) in [6.07, 6.45) is 0. The third-order valence-electron chi connectivity index (χ3n) is 3.27. The number of carbonyl (C=O) groups is 2. The molecule has 0 spiro atoms. The predicted molar refractivity (Wildman–Crippen MR) is 101 cm³/mol. The van der Waals surface area contributed by atoms with Crippen LogP contribution in [0, 0.1) is 0 Å². The molecular weight excluding hydrogens is 348 g/mol. The maximum absolute atomic E-state index is 12.3. The highest BCUT2D eigenvalue weighted by Crippen LogP contribution is 2.28. The average molecular weight is 365 g/mol. The summed E-state index contributed by atoms with van der Waals surface area (Å²) >= 11 is 10.4. The van der Waals surface area contributed by atoms with Crippen LogP contribution >= 0.6 is 24.4 Å². The van der Waals surface area contributed by atoms with Gasteiger partial charge in [0.2, 0.25) is 5.91 Å². The molecule has 0 saturated heterocycles. The van der Waals surface area contributed by atoms with Gasteiger partial charge in [0.25, 0.3) is 0 Å². The van der Waals surface area contributed by atoms with Gasteiger partial charge in [0.15, 0.2) is 0 Å². The first-order valence-corrected chi connectivity index (χ1v) is 7.74. The van der Waals surface area contributed by atoms with E-state index >= 15 is 0 Å². The second kappa shape index (κ2) is 7.46. The minimum atomic E-state index is -0.535. The van der Waals surface area contributed by atoms with Crippen LogP contribution < -0.4 is 20.3 Å². The van der Waals surface area contributed by atoms with Crippen LogP contribution in [0.15, 0.2) is 42.5 Å². The molecule has 0 fully saturated rings. The number of urea groups is 1. The second-order valence-electron chi connectivity index (χ2n) is 5.21. The topological polar surface area (TPSA) is 78.7 Å². The van der Waals surface area contributed by atoms with E-state index in [2.05, 4.69) is 18.1 Å². The predicted octanol–water partition coefficient (Wildman–Crippen LogP) is 3.39. The van der Waals surface area contributed by atoms with E-state index in [1.807, 2.05) is 25.1 Å². The number of thiol groups is 1. The Morgan fingerprint density at radius 3 is 2.25 bits per heavy atom. The highest BCUT2D eigenvalue weighted by atomic mass is 35.5. The zero-order chi connectivity index (χ0) is 17.9. The number of nitrogens with two attached hydrogens (primary N) is 1. The lowest BCUT2D eigenvalue weighted by Crippen LogP contribution is -2.26. The van der Waals surface area contributed by atoms with Crippen molar-refractivity contribution in [3.05, 3.63) is 53.1 Å². The van der Waals surface area contributed by atoms with Crippen LogP contribution in [0.25, 0.3) is 0 Å². The van der Waals surface area contributed by atoms with Crippen LogP contribution in [-0.2, 0) is 0 Å². The van der Waals surface area contributed by atoms with Crippen LogP contribution in [0.3, 0.4) is 0 Å². The maximum atomic E-state index is 12.3. The van der Waals surface area contributed by atoms with Crippen molar-refractivity contribution in [3.63, 3.8) is 0 Å². The first-order valence-electron chi connectivity index (χ1n) is 6.96. The van der Waals surface area contributed by atoms with Crippen LogP contribution in [0.2, 0.25) is 5.02 Å². The van der Waals surface area contributed by atoms with Crippen molar-refractivity contribution in [3.8, 4) is 0 Å². The molecule has 0 radical (unpaired) electrons. The zero-order valence-corrected chi connectivity index (χ0v) is 14.8. The van der Waals surface area contributed by atoms with E-state index in [1.165, 1.54) is 12.1 Å². The molecule has 24 heavy (non-hydrogen) atoms. The number of hydrogen-bond donors (Lipinski definition) is 3. The van der Waals surface area contributed by atoms with Crippen molar-refractivity contribution in [1.82, 2.24) is 0 Å². The Morgan fingerprint density at radius 2 is 1.75 bits per heavy atom. The molecule has 126 valence electrons. The summed E-state index contributed by atoms with van der Waals surface area (Å²) in [7, 11) is 3.76. The van der Waals surface area contributed by atoms with Crippen LogP contribution in [0.1, 0.15) is 10.4 Å². The Hall–Kier alpha value is -2.38. The van der Waals surface area contributed by atoms with Crippen LogP contribution in [-0.4, -0.2) is 26.0 Å². The summed E-state index contributed by atoms with van der Waals surface area (Å²) in [4.78, 5) is 25.2. The molecule has 6 nitrogen and oxygen atoms in total. The lowest BCUT2D eigenvalue weighted by molar-refractivity contribution is 0.100. The van der Waals surface area contributed by atoms with E-state index in [4.69, 9.17) is 17.3 Å². The Morgan fingerprint density at radius 1 is 1.12 bits per heavy atom. The maximum Gasteiger partial charge on any atom is 0.336 e. The van der Waals surface area contributed by atoms with Gasteiger partial charge in [0, 0.05) is 25.3 Å². The molecule has 0 heterocycles. The normalized spacial score (nSPS) is 10.2. The van der Waals surface area contributed by atoms with Gasteiger partial charge in [-0.1, -0.05) is 24.4 Å². The third-order valence-corrected chi connectivity index (χ3v) is 3.98. The third kappa shape index (κ3) is 4.12. The summed E-state index contributed by atoms with van der Waals surface area (Å²) in [5.41, 5.74) is 7.42. The number of hydrogen-bond acceptors (Lipinski definition) is 4. The van der Waals surface area contributed by atoms with Gasteiger partial charge in [-0.2, -0.15) is 0 Å². The van der Waals surface area contributed by atoms with Crippen LogP contribution in [0.5, 0.6) is 0 Å². The quantitative estimate of drug-likeness (QED) is 0.727. The molecule has 3 N–H and O–H groups in total. The lowest BCUT2D eigenvalue weighted by atomic mass is 10.2. The van der Waals surface area contributed by atoms with Crippen LogP contribution in [0.4, 0.5) is 21.9 Å². The van der Waals surface area contributed by atoms with Gasteiger partial charge in [-0.25, -0.2) is 9.10 Å². The summed E-state index contributed by atoms with van der Waals surface area (Å²) in [5, 5.41) is 3.22. The highest BCUT2D eigenvalue weighted by molar-refractivity contribution is 7.82. The zero-order valence-electron chi connectivity index (χ0n) is 13.2. The van der Waals surface area contributed by atoms with Gasteiger partial charge < -0.3 is 16.0 Å². The average Bonchev–Trinajstić information content (AvgIpc) is 2.53. The smallest absolute Gasteiger partial charge is 0.336 e. The molecule has 0 aliphatic carbocycles. The lowest BCUT2D eigenvalue weighted by Gasteiger charge is -2.18. The number of rotatable bonds is 4. The number of carbonyl (C=O) groups excluding carboxylic acids is 2. The number of halogens is 1. The summed E-state index contributed by atoms with van der Waals surface area (Å²) in [6.45, 7) is 0. The highest BCUT2D eigenvalue weighted by Gasteiger charge is 2.14. The number of nitrogens with one attached hydrogen (secondary N) is 1. The molecule has 2 aromatic carbocycles. The van der Waals surface area contributed by atoms with E-state index in [9.17, 15) is 9.59 Å². The van der Waals surface area contributed by atoms with Gasteiger partial charge in [0.1, 0.15) is 0 Å². The van der Waals surface area contributed by atoms with Crippen molar-refractivity contribution in [2.45, 2.75) is 0 Å². The second-order valence-corrected chi connectivity index (χ2v) is 6.02. The van der Waals surface area contributed by atoms with E-state index in [0.29, 0.717) is 22.0 Å². The van der Waals surface area contributed by atoms with Crippen molar-refractivity contribution >= 4 is 53.4 Å². The fraction of sp³-hybridized carbons (Fsp3) is 0.125. The Bertz CT molecular complexity index is 765. The molecule has 0 aliphatic heterocycles. The SMILES string of the molecule is CN(C)c1ccc(NC(=O)N(S)c2ccc(C(N)=O)cc2)cc1Cl. The van der Waals surface area contributed by atoms with Gasteiger partial charge in [-0.05, 0) is 42.5 Å². The minimum Gasteiger partial charge on any atom is -0.376 e. The van der Waals surface area contributed by atoms with E-state index in [0.717, 1.165) is 9.99 Å². The van der Waals surface area contributed by atoms with Gasteiger partial charge in [0.05, 0.1) is 16.4 Å². The van der Waals surface area contributed by atoms with Crippen molar-refractivity contribution in [2.24, 2.45) is 5.73 Å². The van der Waals surface area contributed by atoms with Crippen molar-refractivity contribution in [2.75, 3.05) is 28.6 Å². The first kappa shape index (κ1) is 18.0. The molecule has 2 rings (SSSR count). The van der Waals surface area contributed by atoms with Gasteiger partial charge in [-0.15, -0.1) is 0 Å². The molecule has 8 heteroatoms. The molecular formula is C16H17ClN4O2S. The van der Waals surface area contributed by atoms with Crippen molar-refractivity contribution in [1.29, 1.82) is 0 Å². The molecule has 0 bridgehead atoms. The fourth-order valence-corrected chi connectivity index (χ4v) is 2.54. The molecule has 3 amide bonds. The number of primary amides is 1. The summed E-state index contributed by atoms with van der Waals surface area (Å²) < 4.78 is 1.12. The molecule has 2 aromatic rings.